The molecule has 0 aliphatic heterocycles. The van der Waals surface area contributed by atoms with Gasteiger partial charge < -0.3 is 0 Å². The average molecular weight is 116 g/mol. The van der Waals surface area contributed by atoms with Crippen LogP contribution in [0.3, 0.4) is 0 Å². The summed E-state index contributed by atoms with van der Waals surface area (Å²) in [5.74, 6) is 0.731. The lowest BCUT2D eigenvalue weighted by Crippen LogP contribution is -2.24. The smallest absolute Gasteiger partial charge is 0.101 e. The van der Waals surface area contributed by atoms with E-state index >= 15 is 0 Å². The fourth-order valence-corrected chi connectivity index (χ4v) is 1.30. The van der Waals surface area contributed by atoms with Crippen LogP contribution in [0.1, 0.15) is 32.6 Å². The van der Waals surface area contributed by atoms with Gasteiger partial charge in [0.2, 0.25) is 0 Å². The monoisotopic (exact) mass is 116 g/mol. The summed E-state index contributed by atoms with van der Waals surface area (Å²) >= 11 is 0. The summed E-state index contributed by atoms with van der Waals surface area (Å²) in [6.45, 7) is 2.16. The lowest BCUT2D eigenvalue weighted by molar-refractivity contribution is 0.124. The molecule has 0 amide bonds. The molecule has 0 atom stereocenters. The van der Waals surface area contributed by atoms with E-state index in [1.165, 1.54) is 12.8 Å². The maximum atomic E-state index is 12.1. The Hall–Kier alpha value is -0.0700. The summed E-state index contributed by atoms with van der Waals surface area (Å²) in [5, 5.41) is 0. The SMILES string of the molecule is CCC[C@H]1C[C@H](F)C1. The molecule has 0 spiro atoms. The predicted molar refractivity (Wildman–Crippen MR) is 32.5 cm³/mol. The van der Waals surface area contributed by atoms with Gasteiger partial charge in [-0.25, -0.2) is 4.39 Å². The van der Waals surface area contributed by atoms with Crippen LogP contribution in [0.25, 0.3) is 0 Å². The molecule has 0 N–H and O–H groups in total. The molecule has 1 fully saturated rings. The minimum absolute atomic E-state index is 0.452. The van der Waals surface area contributed by atoms with Crippen molar-refractivity contribution >= 4 is 0 Å². The van der Waals surface area contributed by atoms with Crippen LogP contribution in [-0.4, -0.2) is 6.17 Å². The first-order valence-electron chi connectivity index (χ1n) is 3.47. The molecule has 1 rings (SSSR count). The van der Waals surface area contributed by atoms with Crippen LogP contribution in [0.4, 0.5) is 4.39 Å². The zero-order valence-electron chi connectivity index (χ0n) is 5.36. The van der Waals surface area contributed by atoms with Crippen LogP contribution in [0.15, 0.2) is 0 Å². The number of halogens is 1. The summed E-state index contributed by atoms with van der Waals surface area (Å²) in [6, 6.07) is 0. The van der Waals surface area contributed by atoms with Gasteiger partial charge in [-0.15, -0.1) is 0 Å². The summed E-state index contributed by atoms with van der Waals surface area (Å²) in [7, 11) is 0. The van der Waals surface area contributed by atoms with E-state index in [2.05, 4.69) is 6.92 Å². The van der Waals surface area contributed by atoms with Crippen molar-refractivity contribution in [1.29, 1.82) is 0 Å². The van der Waals surface area contributed by atoms with Crippen molar-refractivity contribution in [3.63, 3.8) is 0 Å². The van der Waals surface area contributed by atoms with E-state index in [-0.39, 0.29) is 0 Å². The summed E-state index contributed by atoms with van der Waals surface area (Å²) in [4.78, 5) is 0. The van der Waals surface area contributed by atoms with Crippen LogP contribution in [0.2, 0.25) is 0 Å². The molecule has 1 aliphatic carbocycles. The van der Waals surface area contributed by atoms with Crippen molar-refractivity contribution in [2.75, 3.05) is 0 Å². The molecule has 1 heteroatoms. The van der Waals surface area contributed by atoms with Gasteiger partial charge in [0.05, 0.1) is 0 Å². The average Bonchev–Trinajstić information content (AvgIpc) is 1.64. The first-order chi connectivity index (χ1) is 3.83. The van der Waals surface area contributed by atoms with E-state index in [4.69, 9.17) is 0 Å². The Bertz CT molecular complexity index is 62.0. The quantitative estimate of drug-likeness (QED) is 0.520. The van der Waals surface area contributed by atoms with E-state index in [0.29, 0.717) is 0 Å². The van der Waals surface area contributed by atoms with Crippen molar-refractivity contribution in [3.05, 3.63) is 0 Å². The van der Waals surface area contributed by atoms with Crippen molar-refractivity contribution in [3.8, 4) is 0 Å². The second-order valence-electron chi connectivity index (χ2n) is 2.72. The standard InChI is InChI=1S/C7H13F/c1-2-3-6-4-7(8)5-6/h6-7H,2-5H2,1H3/t6-,7-. The number of hydrogen-bond acceptors (Lipinski definition) is 0. The summed E-state index contributed by atoms with van der Waals surface area (Å²) in [5.41, 5.74) is 0. The van der Waals surface area contributed by atoms with Gasteiger partial charge in [0.25, 0.3) is 0 Å². The highest BCUT2D eigenvalue weighted by Gasteiger charge is 2.27. The Labute approximate surface area is 50.1 Å². The molecule has 0 bridgehead atoms. The Morgan fingerprint density at radius 1 is 1.50 bits per heavy atom. The maximum absolute atomic E-state index is 12.1. The fourth-order valence-electron chi connectivity index (χ4n) is 1.30. The Morgan fingerprint density at radius 3 is 2.50 bits per heavy atom. The van der Waals surface area contributed by atoms with Gasteiger partial charge in [-0.2, -0.15) is 0 Å². The van der Waals surface area contributed by atoms with Gasteiger partial charge in [0.15, 0.2) is 0 Å². The van der Waals surface area contributed by atoms with E-state index < -0.39 is 6.17 Å². The van der Waals surface area contributed by atoms with E-state index in [0.717, 1.165) is 18.8 Å². The fraction of sp³-hybridized carbons (Fsp3) is 1.00. The topological polar surface area (TPSA) is 0 Å². The molecule has 0 aromatic rings. The van der Waals surface area contributed by atoms with Crippen LogP contribution in [-0.2, 0) is 0 Å². The molecular weight excluding hydrogens is 103 g/mol. The molecule has 0 aromatic heterocycles. The molecule has 48 valence electrons. The van der Waals surface area contributed by atoms with Crippen molar-refractivity contribution < 1.29 is 4.39 Å². The van der Waals surface area contributed by atoms with Gasteiger partial charge in [0.1, 0.15) is 6.17 Å². The molecule has 0 aromatic carbocycles. The predicted octanol–water partition coefficient (Wildman–Crippen LogP) is 2.53. The zero-order valence-corrected chi connectivity index (χ0v) is 5.36. The van der Waals surface area contributed by atoms with Crippen molar-refractivity contribution in [1.82, 2.24) is 0 Å². The molecule has 0 unspecified atom stereocenters. The van der Waals surface area contributed by atoms with Gasteiger partial charge in [0, 0.05) is 0 Å². The summed E-state index contributed by atoms with van der Waals surface area (Å²) < 4.78 is 12.1. The first-order valence-corrected chi connectivity index (χ1v) is 3.47. The molecule has 0 saturated heterocycles. The van der Waals surface area contributed by atoms with Crippen LogP contribution < -0.4 is 0 Å². The van der Waals surface area contributed by atoms with Gasteiger partial charge in [-0.1, -0.05) is 19.8 Å². The molecule has 0 heterocycles. The van der Waals surface area contributed by atoms with Crippen LogP contribution in [0.5, 0.6) is 0 Å². The van der Waals surface area contributed by atoms with E-state index in [1.807, 2.05) is 0 Å². The number of rotatable bonds is 2. The lowest BCUT2D eigenvalue weighted by atomic mass is 9.81. The molecular formula is C7H13F. The van der Waals surface area contributed by atoms with E-state index in [9.17, 15) is 4.39 Å². The lowest BCUT2D eigenvalue weighted by Gasteiger charge is -2.28. The van der Waals surface area contributed by atoms with Gasteiger partial charge in [-0.3, -0.25) is 0 Å². The Kier molecular flexibility index (Phi) is 1.87. The van der Waals surface area contributed by atoms with E-state index in [1.54, 1.807) is 0 Å². The van der Waals surface area contributed by atoms with Crippen LogP contribution in [0, 0.1) is 5.92 Å². The largest absolute Gasteiger partial charge is 0.247 e. The summed E-state index contributed by atoms with van der Waals surface area (Å²) in [6.07, 6.45) is 3.69. The molecule has 1 saturated carbocycles. The second-order valence-corrected chi connectivity index (χ2v) is 2.72. The Morgan fingerprint density at radius 2 is 2.12 bits per heavy atom. The molecule has 1 aliphatic rings. The number of alkyl halides is 1. The molecule has 0 nitrogen and oxygen atoms in total. The maximum Gasteiger partial charge on any atom is 0.101 e. The Balaban J connectivity index is 1.98. The second kappa shape index (κ2) is 2.47. The van der Waals surface area contributed by atoms with Gasteiger partial charge in [-0.05, 0) is 18.8 Å². The third kappa shape index (κ3) is 1.21. The highest BCUT2D eigenvalue weighted by Crippen LogP contribution is 2.33. The number of hydrogen-bond donors (Lipinski definition) is 0. The normalized spacial score (nSPS) is 36.8. The minimum Gasteiger partial charge on any atom is -0.247 e. The third-order valence-electron chi connectivity index (χ3n) is 1.88. The third-order valence-corrected chi connectivity index (χ3v) is 1.88. The van der Waals surface area contributed by atoms with Crippen LogP contribution >= 0.6 is 0 Å². The highest BCUT2D eigenvalue weighted by atomic mass is 19.1. The zero-order chi connectivity index (χ0) is 5.98. The highest BCUT2D eigenvalue weighted by molar-refractivity contribution is 4.77. The first kappa shape index (κ1) is 6.06. The molecule has 8 heavy (non-hydrogen) atoms. The van der Waals surface area contributed by atoms with Crippen molar-refractivity contribution in [2.45, 2.75) is 38.8 Å². The van der Waals surface area contributed by atoms with Gasteiger partial charge >= 0.3 is 0 Å². The molecule has 0 radical (unpaired) electrons. The minimum atomic E-state index is -0.452. The van der Waals surface area contributed by atoms with Crippen molar-refractivity contribution in [2.24, 2.45) is 5.92 Å².